The van der Waals surface area contributed by atoms with Crippen molar-refractivity contribution in [1.82, 2.24) is 20.1 Å². The predicted octanol–water partition coefficient (Wildman–Crippen LogP) is 2.30. The zero-order valence-corrected chi connectivity index (χ0v) is 14.1. The van der Waals surface area contributed by atoms with Crippen molar-refractivity contribution in [3.63, 3.8) is 0 Å². The van der Waals surface area contributed by atoms with E-state index in [1.165, 1.54) is 43.9 Å². The minimum atomic E-state index is -0.204. The molecule has 0 unspecified atom stereocenters. The molecular weight excluding hydrogens is 300 g/mol. The van der Waals surface area contributed by atoms with E-state index in [0.717, 1.165) is 19.3 Å². The van der Waals surface area contributed by atoms with E-state index in [4.69, 9.17) is 0 Å². The number of H-pyrrole nitrogens is 1. The van der Waals surface area contributed by atoms with E-state index >= 15 is 0 Å². The number of carbonyl (C=O) groups excluding carboxylic acids is 1. The summed E-state index contributed by atoms with van der Waals surface area (Å²) in [4.78, 5) is 23.7. The van der Waals surface area contributed by atoms with Crippen molar-refractivity contribution in [1.29, 1.82) is 0 Å². The third kappa shape index (κ3) is 5.19. The molecule has 0 saturated heterocycles. The quantitative estimate of drug-likeness (QED) is 0.786. The van der Waals surface area contributed by atoms with Gasteiger partial charge in [0.1, 0.15) is 0 Å². The maximum atomic E-state index is 12.1. The van der Waals surface area contributed by atoms with E-state index in [-0.39, 0.29) is 11.6 Å². The minimum Gasteiger partial charge on any atom is -0.353 e. The first-order valence-electron chi connectivity index (χ1n) is 8.28. The predicted molar refractivity (Wildman–Crippen MR) is 88.1 cm³/mol. The Balaban J connectivity index is 1.80. The third-order valence-electron chi connectivity index (χ3n) is 3.97. The molecule has 1 amide bonds. The SMILES string of the molecule is CCCn1c(SCC(=O)NC2CCCCCCC2)n[nH]c1=O. The molecule has 0 spiro atoms. The Bertz CT molecular complexity index is 518. The van der Waals surface area contributed by atoms with Crippen LogP contribution < -0.4 is 11.0 Å². The van der Waals surface area contributed by atoms with Gasteiger partial charge < -0.3 is 5.32 Å². The van der Waals surface area contributed by atoms with Crippen LogP contribution in [0.4, 0.5) is 0 Å². The summed E-state index contributed by atoms with van der Waals surface area (Å²) in [6.45, 7) is 2.64. The van der Waals surface area contributed by atoms with E-state index in [1.807, 2.05) is 6.92 Å². The lowest BCUT2D eigenvalue weighted by molar-refractivity contribution is -0.119. The number of carbonyl (C=O) groups is 1. The zero-order valence-electron chi connectivity index (χ0n) is 13.3. The zero-order chi connectivity index (χ0) is 15.8. The smallest absolute Gasteiger partial charge is 0.343 e. The highest BCUT2D eigenvalue weighted by molar-refractivity contribution is 7.99. The molecule has 124 valence electrons. The monoisotopic (exact) mass is 326 g/mol. The standard InChI is InChI=1S/C15H26N4O2S/c1-2-10-19-14(21)17-18-15(19)22-11-13(20)16-12-8-6-4-3-5-7-9-12/h12H,2-11H2,1H3,(H,16,20)(H,17,21). The van der Waals surface area contributed by atoms with Crippen molar-refractivity contribution in [3.05, 3.63) is 10.5 Å². The van der Waals surface area contributed by atoms with Gasteiger partial charge in [-0.05, 0) is 19.3 Å². The molecule has 1 aliphatic carbocycles. The minimum absolute atomic E-state index is 0.0362. The first-order valence-corrected chi connectivity index (χ1v) is 9.26. The molecule has 0 aliphatic heterocycles. The fourth-order valence-corrected chi connectivity index (χ4v) is 3.62. The van der Waals surface area contributed by atoms with Gasteiger partial charge in [-0.1, -0.05) is 50.8 Å². The van der Waals surface area contributed by atoms with Crippen LogP contribution in [0.5, 0.6) is 0 Å². The fourth-order valence-electron chi connectivity index (χ4n) is 2.83. The summed E-state index contributed by atoms with van der Waals surface area (Å²) in [7, 11) is 0. The molecule has 1 saturated carbocycles. The van der Waals surface area contributed by atoms with Crippen molar-refractivity contribution in [2.75, 3.05) is 5.75 Å². The number of nitrogens with zero attached hydrogens (tertiary/aromatic N) is 2. The summed E-state index contributed by atoms with van der Waals surface area (Å²) in [5.41, 5.74) is -0.204. The van der Waals surface area contributed by atoms with Crippen molar-refractivity contribution < 1.29 is 4.79 Å². The maximum absolute atomic E-state index is 12.1. The molecule has 1 aliphatic rings. The van der Waals surface area contributed by atoms with Crippen LogP contribution in [0.1, 0.15) is 58.3 Å². The second-order valence-corrected chi connectivity index (χ2v) is 6.80. The van der Waals surface area contributed by atoms with E-state index in [9.17, 15) is 9.59 Å². The summed E-state index contributed by atoms with van der Waals surface area (Å²) in [5.74, 6) is 0.346. The van der Waals surface area contributed by atoms with Crippen LogP contribution in [0.15, 0.2) is 9.95 Å². The molecule has 0 aromatic carbocycles. The summed E-state index contributed by atoms with van der Waals surface area (Å²) in [6.07, 6.45) is 9.31. The molecule has 0 atom stereocenters. The normalized spacial score (nSPS) is 17.0. The number of aromatic amines is 1. The van der Waals surface area contributed by atoms with Gasteiger partial charge in [0.2, 0.25) is 5.91 Å². The molecule has 0 bridgehead atoms. The third-order valence-corrected chi connectivity index (χ3v) is 4.95. The fraction of sp³-hybridized carbons (Fsp3) is 0.800. The molecule has 6 nitrogen and oxygen atoms in total. The van der Waals surface area contributed by atoms with Gasteiger partial charge in [-0.25, -0.2) is 9.89 Å². The molecular formula is C15H26N4O2S. The highest BCUT2D eigenvalue weighted by Gasteiger charge is 2.15. The summed E-state index contributed by atoms with van der Waals surface area (Å²) in [6, 6.07) is 0.311. The Morgan fingerprint density at radius 1 is 1.32 bits per heavy atom. The lowest BCUT2D eigenvalue weighted by Crippen LogP contribution is -2.36. The number of aromatic nitrogens is 3. The Labute approximate surface area is 135 Å². The number of nitrogens with one attached hydrogen (secondary N) is 2. The maximum Gasteiger partial charge on any atom is 0.343 e. The van der Waals surface area contributed by atoms with Crippen molar-refractivity contribution in [3.8, 4) is 0 Å². The Morgan fingerprint density at radius 2 is 2.00 bits per heavy atom. The van der Waals surface area contributed by atoms with Gasteiger partial charge >= 0.3 is 5.69 Å². The second-order valence-electron chi connectivity index (χ2n) is 5.86. The second kappa shape index (κ2) is 9.02. The van der Waals surface area contributed by atoms with Crippen LogP contribution in [0.2, 0.25) is 0 Å². The lowest BCUT2D eigenvalue weighted by atomic mass is 9.97. The molecule has 1 aromatic heterocycles. The van der Waals surface area contributed by atoms with Crippen molar-refractivity contribution >= 4 is 17.7 Å². The van der Waals surface area contributed by atoms with Crippen molar-refractivity contribution in [2.45, 2.75) is 76.0 Å². The molecule has 2 rings (SSSR count). The highest BCUT2D eigenvalue weighted by atomic mass is 32.2. The van der Waals surface area contributed by atoms with Crippen LogP contribution in [-0.2, 0) is 11.3 Å². The van der Waals surface area contributed by atoms with Gasteiger partial charge in [0.15, 0.2) is 5.16 Å². The average Bonchev–Trinajstić information content (AvgIpc) is 2.81. The van der Waals surface area contributed by atoms with Crippen LogP contribution in [0.25, 0.3) is 0 Å². The number of thioether (sulfide) groups is 1. The van der Waals surface area contributed by atoms with E-state index in [1.54, 1.807) is 4.57 Å². The topological polar surface area (TPSA) is 79.8 Å². The molecule has 22 heavy (non-hydrogen) atoms. The molecule has 1 aromatic rings. The van der Waals surface area contributed by atoms with Gasteiger partial charge in [-0.15, -0.1) is 5.10 Å². The lowest BCUT2D eigenvalue weighted by Gasteiger charge is -2.20. The van der Waals surface area contributed by atoms with Crippen LogP contribution >= 0.6 is 11.8 Å². The summed E-state index contributed by atoms with van der Waals surface area (Å²) >= 11 is 1.32. The first-order chi connectivity index (χ1) is 10.7. The van der Waals surface area contributed by atoms with Crippen molar-refractivity contribution in [2.24, 2.45) is 0 Å². The average molecular weight is 326 g/mol. The summed E-state index contributed by atoms with van der Waals surface area (Å²) < 4.78 is 1.59. The largest absolute Gasteiger partial charge is 0.353 e. The van der Waals surface area contributed by atoms with Gasteiger partial charge in [0.05, 0.1) is 5.75 Å². The Kier molecular flexibility index (Phi) is 7.02. The molecule has 0 radical (unpaired) electrons. The van der Waals surface area contributed by atoms with Gasteiger partial charge in [0, 0.05) is 12.6 Å². The molecule has 1 fully saturated rings. The Morgan fingerprint density at radius 3 is 2.68 bits per heavy atom. The molecule has 2 N–H and O–H groups in total. The number of amides is 1. The van der Waals surface area contributed by atoms with E-state index in [2.05, 4.69) is 15.5 Å². The number of hydrogen-bond acceptors (Lipinski definition) is 4. The highest BCUT2D eigenvalue weighted by Crippen LogP contribution is 2.18. The number of hydrogen-bond donors (Lipinski definition) is 2. The van der Waals surface area contributed by atoms with Gasteiger partial charge in [-0.3, -0.25) is 9.36 Å². The molecule has 7 heteroatoms. The van der Waals surface area contributed by atoms with Gasteiger partial charge in [-0.2, -0.15) is 0 Å². The van der Waals surface area contributed by atoms with Gasteiger partial charge in [0.25, 0.3) is 0 Å². The summed E-state index contributed by atoms with van der Waals surface area (Å²) in [5, 5.41) is 10.2. The first kappa shape index (κ1) is 17.1. The van der Waals surface area contributed by atoms with Crippen LogP contribution in [0.3, 0.4) is 0 Å². The van der Waals surface area contributed by atoms with E-state index < -0.39 is 0 Å². The van der Waals surface area contributed by atoms with Crippen LogP contribution in [0, 0.1) is 0 Å². The van der Waals surface area contributed by atoms with Crippen LogP contribution in [-0.4, -0.2) is 32.5 Å². The van der Waals surface area contributed by atoms with E-state index in [0.29, 0.717) is 23.5 Å². The Hall–Kier alpha value is -1.24. The number of rotatable bonds is 6. The molecule has 1 heterocycles.